The summed E-state index contributed by atoms with van der Waals surface area (Å²) in [6.07, 6.45) is 4.62. The van der Waals surface area contributed by atoms with Crippen molar-refractivity contribution in [2.24, 2.45) is 0 Å². The van der Waals surface area contributed by atoms with Crippen LogP contribution in [0.3, 0.4) is 0 Å². The first-order valence-electron chi connectivity index (χ1n) is 9.86. The van der Waals surface area contributed by atoms with Crippen LogP contribution in [0.15, 0.2) is 66.9 Å². The predicted molar refractivity (Wildman–Crippen MR) is 110 cm³/mol. The van der Waals surface area contributed by atoms with Crippen LogP contribution in [-0.2, 0) is 6.54 Å². The van der Waals surface area contributed by atoms with Gasteiger partial charge in [0, 0.05) is 24.7 Å². The molecule has 1 N–H and O–H groups in total. The third kappa shape index (κ3) is 4.29. The minimum absolute atomic E-state index is 0.378. The Bertz CT molecular complexity index is 822. The van der Waals surface area contributed by atoms with Crippen LogP contribution in [-0.4, -0.2) is 46.7 Å². The highest BCUT2D eigenvalue weighted by molar-refractivity contribution is 5.62. The maximum atomic E-state index is 4.32. The minimum atomic E-state index is 0.378. The van der Waals surface area contributed by atoms with Crippen LogP contribution in [0.1, 0.15) is 30.0 Å². The van der Waals surface area contributed by atoms with Crippen LogP contribution < -0.4 is 0 Å². The Kier molecular flexibility index (Phi) is 5.66. The van der Waals surface area contributed by atoms with Crippen molar-refractivity contribution in [1.29, 1.82) is 0 Å². The Morgan fingerprint density at radius 2 is 1.67 bits per heavy atom. The Morgan fingerprint density at radius 3 is 2.37 bits per heavy atom. The van der Waals surface area contributed by atoms with Crippen LogP contribution in [0, 0.1) is 0 Å². The first-order chi connectivity index (χ1) is 13.3. The fraction of sp³-hybridized carbons (Fsp3) is 0.348. The monoisotopic (exact) mass is 360 g/mol. The smallest absolute Gasteiger partial charge is 0.0695 e. The van der Waals surface area contributed by atoms with Gasteiger partial charge in [0.15, 0.2) is 0 Å². The van der Waals surface area contributed by atoms with E-state index in [0.29, 0.717) is 6.04 Å². The molecule has 0 unspecified atom stereocenters. The van der Waals surface area contributed by atoms with Gasteiger partial charge in [0.2, 0.25) is 0 Å². The summed E-state index contributed by atoms with van der Waals surface area (Å²) < 4.78 is 0. The second-order valence-corrected chi connectivity index (χ2v) is 7.49. The number of nitrogens with one attached hydrogen (secondary N) is 1. The molecule has 1 atom stereocenters. The van der Waals surface area contributed by atoms with Crippen molar-refractivity contribution < 1.29 is 0 Å². The van der Waals surface area contributed by atoms with Crippen molar-refractivity contribution in [2.45, 2.75) is 25.4 Å². The Labute approximate surface area is 161 Å². The van der Waals surface area contributed by atoms with E-state index in [4.69, 9.17) is 0 Å². The molecule has 0 amide bonds. The summed E-state index contributed by atoms with van der Waals surface area (Å²) in [4.78, 5) is 5.06. The Morgan fingerprint density at radius 1 is 1.00 bits per heavy atom. The van der Waals surface area contributed by atoms with Crippen molar-refractivity contribution in [3.8, 4) is 11.3 Å². The van der Waals surface area contributed by atoms with Gasteiger partial charge < -0.3 is 4.90 Å². The molecule has 2 aromatic carbocycles. The van der Waals surface area contributed by atoms with Gasteiger partial charge >= 0.3 is 0 Å². The number of H-pyrrole nitrogens is 1. The van der Waals surface area contributed by atoms with Gasteiger partial charge in [-0.2, -0.15) is 5.10 Å². The second kappa shape index (κ2) is 8.51. The normalized spacial score (nSPS) is 16.1. The van der Waals surface area contributed by atoms with Gasteiger partial charge in [-0.3, -0.25) is 10.00 Å². The van der Waals surface area contributed by atoms with Gasteiger partial charge in [-0.15, -0.1) is 0 Å². The lowest BCUT2D eigenvalue weighted by Gasteiger charge is -2.32. The van der Waals surface area contributed by atoms with Gasteiger partial charge in [-0.05, 0) is 44.1 Å². The maximum absolute atomic E-state index is 4.32. The minimum Gasteiger partial charge on any atom is -0.301 e. The van der Waals surface area contributed by atoms with Gasteiger partial charge in [-0.1, -0.05) is 60.7 Å². The SMILES string of the molecule is CN(Cc1cn[nH]c1-c1ccccc1)[C@H](CN1CCCC1)c1ccccc1. The van der Waals surface area contributed by atoms with E-state index < -0.39 is 0 Å². The fourth-order valence-electron chi connectivity index (χ4n) is 4.05. The van der Waals surface area contributed by atoms with E-state index in [1.165, 1.54) is 42.6 Å². The molecule has 2 heterocycles. The van der Waals surface area contributed by atoms with Crippen molar-refractivity contribution >= 4 is 0 Å². The van der Waals surface area contributed by atoms with E-state index in [2.05, 4.69) is 81.6 Å². The van der Waals surface area contributed by atoms with E-state index in [0.717, 1.165) is 18.8 Å². The molecule has 0 radical (unpaired) electrons. The van der Waals surface area contributed by atoms with E-state index >= 15 is 0 Å². The summed E-state index contributed by atoms with van der Waals surface area (Å²) in [5.74, 6) is 0. The molecule has 1 saturated heterocycles. The molecule has 1 aliphatic rings. The highest BCUT2D eigenvalue weighted by Crippen LogP contribution is 2.27. The zero-order chi connectivity index (χ0) is 18.5. The van der Waals surface area contributed by atoms with Crippen molar-refractivity contribution in [3.05, 3.63) is 78.0 Å². The zero-order valence-corrected chi connectivity index (χ0v) is 16.0. The zero-order valence-electron chi connectivity index (χ0n) is 16.0. The van der Waals surface area contributed by atoms with E-state index in [9.17, 15) is 0 Å². The third-order valence-corrected chi connectivity index (χ3v) is 5.55. The lowest BCUT2D eigenvalue weighted by molar-refractivity contribution is 0.175. The lowest BCUT2D eigenvalue weighted by atomic mass is 10.0. The van der Waals surface area contributed by atoms with Gasteiger partial charge in [0.25, 0.3) is 0 Å². The molecule has 1 aromatic heterocycles. The third-order valence-electron chi connectivity index (χ3n) is 5.55. The van der Waals surface area contributed by atoms with E-state index in [1.807, 2.05) is 12.3 Å². The molecule has 4 heteroatoms. The topological polar surface area (TPSA) is 35.2 Å². The average Bonchev–Trinajstić information content (AvgIpc) is 3.39. The fourth-order valence-corrected chi connectivity index (χ4v) is 4.05. The van der Waals surface area contributed by atoms with E-state index in [-0.39, 0.29) is 0 Å². The number of hydrogen-bond donors (Lipinski definition) is 1. The molecule has 140 valence electrons. The summed E-state index contributed by atoms with van der Waals surface area (Å²) in [6, 6.07) is 21.7. The number of likely N-dealkylation sites (N-methyl/N-ethyl adjacent to an activating group) is 1. The standard InChI is InChI=1S/C23H28N4/c1-26(17-21-16-24-25-23(21)20-12-6-3-7-13-20)22(18-27-14-8-9-15-27)19-10-4-2-5-11-19/h2-7,10-13,16,22H,8-9,14-15,17-18H2,1H3,(H,24,25)/t22-/m1/s1. The molecular formula is C23H28N4. The first-order valence-corrected chi connectivity index (χ1v) is 9.86. The number of hydrogen-bond acceptors (Lipinski definition) is 3. The number of nitrogens with zero attached hydrogens (tertiary/aromatic N) is 3. The van der Waals surface area contributed by atoms with Gasteiger partial charge in [0.05, 0.1) is 11.9 Å². The van der Waals surface area contributed by atoms with Gasteiger partial charge in [0.1, 0.15) is 0 Å². The Hall–Kier alpha value is -2.43. The molecule has 3 aromatic rings. The van der Waals surface area contributed by atoms with Crippen LogP contribution in [0.2, 0.25) is 0 Å². The molecule has 0 spiro atoms. The summed E-state index contributed by atoms with van der Waals surface area (Å²) in [6.45, 7) is 4.39. The summed E-state index contributed by atoms with van der Waals surface area (Å²) in [7, 11) is 2.23. The summed E-state index contributed by atoms with van der Waals surface area (Å²) in [5, 5.41) is 7.52. The summed E-state index contributed by atoms with van der Waals surface area (Å²) in [5.41, 5.74) is 4.94. The highest BCUT2D eigenvalue weighted by atomic mass is 15.2. The van der Waals surface area contributed by atoms with Crippen LogP contribution >= 0.6 is 0 Å². The van der Waals surface area contributed by atoms with Crippen molar-refractivity contribution in [2.75, 3.05) is 26.7 Å². The summed E-state index contributed by atoms with van der Waals surface area (Å²) >= 11 is 0. The number of benzene rings is 2. The quantitative estimate of drug-likeness (QED) is 0.680. The molecule has 0 aliphatic carbocycles. The molecule has 4 rings (SSSR count). The highest BCUT2D eigenvalue weighted by Gasteiger charge is 2.23. The Balaban J connectivity index is 1.55. The molecule has 1 fully saturated rings. The number of likely N-dealkylation sites (tertiary alicyclic amines) is 1. The van der Waals surface area contributed by atoms with Crippen LogP contribution in [0.4, 0.5) is 0 Å². The number of aromatic amines is 1. The maximum Gasteiger partial charge on any atom is 0.0695 e. The van der Waals surface area contributed by atoms with E-state index in [1.54, 1.807) is 0 Å². The number of rotatable bonds is 7. The molecule has 27 heavy (non-hydrogen) atoms. The molecule has 1 aliphatic heterocycles. The molecule has 0 saturated carbocycles. The average molecular weight is 361 g/mol. The second-order valence-electron chi connectivity index (χ2n) is 7.49. The largest absolute Gasteiger partial charge is 0.301 e. The lowest BCUT2D eigenvalue weighted by Crippen LogP contribution is -2.34. The first kappa shape index (κ1) is 18.0. The molecular weight excluding hydrogens is 332 g/mol. The van der Waals surface area contributed by atoms with Crippen molar-refractivity contribution in [1.82, 2.24) is 20.0 Å². The number of aromatic nitrogens is 2. The molecule has 4 nitrogen and oxygen atoms in total. The van der Waals surface area contributed by atoms with Gasteiger partial charge in [-0.25, -0.2) is 0 Å². The predicted octanol–water partition coefficient (Wildman–Crippen LogP) is 4.35. The van der Waals surface area contributed by atoms with Crippen molar-refractivity contribution in [3.63, 3.8) is 0 Å². The molecule has 0 bridgehead atoms. The van der Waals surface area contributed by atoms with Crippen LogP contribution in [0.25, 0.3) is 11.3 Å². The van der Waals surface area contributed by atoms with Crippen LogP contribution in [0.5, 0.6) is 0 Å².